The van der Waals surface area contributed by atoms with Crippen LogP contribution in [0.4, 0.5) is 11.4 Å². The summed E-state index contributed by atoms with van der Waals surface area (Å²) in [5.41, 5.74) is 8.61. The van der Waals surface area contributed by atoms with Gasteiger partial charge in [0.15, 0.2) is 5.82 Å². The van der Waals surface area contributed by atoms with Crippen molar-refractivity contribution >= 4 is 17.2 Å². The minimum Gasteiger partial charge on any atom is -0.399 e. The van der Waals surface area contributed by atoms with Crippen molar-refractivity contribution in [2.45, 2.75) is 6.54 Å². The number of nitrogens with zero attached hydrogens (tertiary/aromatic N) is 3. The third-order valence-corrected chi connectivity index (χ3v) is 3.79. The highest BCUT2D eigenvalue weighted by Crippen LogP contribution is 2.15. The van der Waals surface area contributed by atoms with Gasteiger partial charge in [-0.2, -0.15) is 9.50 Å². The van der Waals surface area contributed by atoms with Crippen LogP contribution < -0.4 is 16.6 Å². The molecule has 0 saturated heterocycles. The van der Waals surface area contributed by atoms with Gasteiger partial charge < -0.3 is 11.1 Å². The highest BCUT2D eigenvalue weighted by atomic mass is 16.1. The lowest BCUT2D eigenvalue weighted by atomic mass is 10.2. The summed E-state index contributed by atoms with van der Waals surface area (Å²) >= 11 is 0. The van der Waals surface area contributed by atoms with E-state index in [1.165, 1.54) is 10.6 Å². The molecule has 0 saturated carbocycles. The van der Waals surface area contributed by atoms with Crippen LogP contribution in [0.5, 0.6) is 0 Å². The first-order chi connectivity index (χ1) is 12.2. The first-order valence-corrected chi connectivity index (χ1v) is 7.82. The monoisotopic (exact) mass is 332 g/mol. The fraction of sp³-hybridized carbons (Fsp3) is 0.0556. The van der Waals surface area contributed by atoms with Crippen molar-refractivity contribution in [2.24, 2.45) is 0 Å². The molecule has 0 fully saturated rings. The number of hydrogen-bond donors (Lipinski definition) is 3. The second kappa shape index (κ2) is 6.12. The summed E-state index contributed by atoms with van der Waals surface area (Å²) in [4.78, 5) is 21.2. The molecule has 0 aliphatic carbocycles. The SMILES string of the molecule is Nc1cccc(NCc2cc(=O)n3[nH]c(-c4ccccc4)nc3n2)c1. The van der Waals surface area contributed by atoms with Gasteiger partial charge in [-0.05, 0) is 18.2 Å². The molecular weight excluding hydrogens is 316 g/mol. The summed E-state index contributed by atoms with van der Waals surface area (Å²) in [6, 6.07) is 18.5. The predicted molar refractivity (Wildman–Crippen MR) is 97.2 cm³/mol. The molecule has 2 heterocycles. The highest BCUT2D eigenvalue weighted by Gasteiger charge is 2.09. The molecule has 124 valence electrons. The molecule has 2 aromatic heterocycles. The van der Waals surface area contributed by atoms with Crippen LogP contribution in [0.25, 0.3) is 17.2 Å². The maximum Gasteiger partial charge on any atom is 0.274 e. The molecule has 4 rings (SSSR count). The van der Waals surface area contributed by atoms with E-state index in [1.807, 2.05) is 54.6 Å². The summed E-state index contributed by atoms with van der Waals surface area (Å²) in [5.74, 6) is 0.946. The summed E-state index contributed by atoms with van der Waals surface area (Å²) < 4.78 is 1.34. The summed E-state index contributed by atoms with van der Waals surface area (Å²) in [7, 11) is 0. The molecule has 2 aromatic carbocycles. The topological polar surface area (TPSA) is 101 Å². The number of hydrogen-bond acceptors (Lipinski definition) is 5. The van der Waals surface area contributed by atoms with E-state index in [0.717, 1.165) is 11.3 Å². The van der Waals surface area contributed by atoms with Gasteiger partial charge in [-0.3, -0.25) is 9.89 Å². The fourth-order valence-corrected chi connectivity index (χ4v) is 2.58. The molecule has 0 atom stereocenters. The Hall–Kier alpha value is -3.61. The van der Waals surface area contributed by atoms with Crippen LogP contribution in [0.15, 0.2) is 65.5 Å². The summed E-state index contributed by atoms with van der Waals surface area (Å²) in [6.07, 6.45) is 0. The molecule has 0 bridgehead atoms. The predicted octanol–water partition coefficient (Wildman–Crippen LogP) is 2.28. The molecule has 25 heavy (non-hydrogen) atoms. The first-order valence-electron chi connectivity index (χ1n) is 7.82. The summed E-state index contributed by atoms with van der Waals surface area (Å²) in [6.45, 7) is 0.405. The lowest BCUT2D eigenvalue weighted by Gasteiger charge is -2.06. The number of fused-ring (bicyclic) bond motifs is 1. The number of anilines is 2. The molecule has 7 nitrogen and oxygen atoms in total. The molecule has 4 aromatic rings. The second-order valence-electron chi connectivity index (χ2n) is 5.64. The molecule has 0 unspecified atom stereocenters. The van der Waals surface area contributed by atoms with Crippen molar-refractivity contribution in [3.05, 3.63) is 76.7 Å². The number of nitrogen functional groups attached to an aromatic ring is 1. The molecule has 7 heteroatoms. The maximum absolute atomic E-state index is 12.3. The van der Waals surface area contributed by atoms with E-state index in [-0.39, 0.29) is 5.56 Å². The lowest BCUT2D eigenvalue weighted by molar-refractivity contribution is 0.879. The Morgan fingerprint density at radius 2 is 1.88 bits per heavy atom. The Bertz CT molecular complexity index is 1080. The smallest absolute Gasteiger partial charge is 0.274 e. The van der Waals surface area contributed by atoms with Gasteiger partial charge in [0.25, 0.3) is 11.3 Å². The largest absolute Gasteiger partial charge is 0.399 e. The third-order valence-electron chi connectivity index (χ3n) is 3.79. The molecule has 0 spiro atoms. The molecule has 0 radical (unpaired) electrons. The van der Waals surface area contributed by atoms with Gasteiger partial charge in [0.2, 0.25) is 0 Å². The van der Waals surface area contributed by atoms with Crippen molar-refractivity contribution in [1.82, 2.24) is 19.6 Å². The Morgan fingerprint density at radius 3 is 2.68 bits per heavy atom. The zero-order valence-corrected chi connectivity index (χ0v) is 13.3. The summed E-state index contributed by atoms with van der Waals surface area (Å²) in [5, 5.41) is 6.19. The van der Waals surface area contributed by atoms with Crippen molar-refractivity contribution < 1.29 is 0 Å². The van der Waals surface area contributed by atoms with Crippen LogP contribution in [0.2, 0.25) is 0 Å². The Balaban J connectivity index is 1.64. The average Bonchev–Trinajstić information content (AvgIpc) is 3.06. The number of benzene rings is 2. The van der Waals surface area contributed by atoms with E-state index in [4.69, 9.17) is 5.73 Å². The van der Waals surface area contributed by atoms with Gasteiger partial charge >= 0.3 is 0 Å². The van der Waals surface area contributed by atoms with Crippen LogP contribution in [0.3, 0.4) is 0 Å². The lowest BCUT2D eigenvalue weighted by Crippen LogP contribution is -2.17. The van der Waals surface area contributed by atoms with Crippen LogP contribution in [-0.2, 0) is 6.54 Å². The van der Waals surface area contributed by atoms with E-state index in [9.17, 15) is 4.79 Å². The number of H-pyrrole nitrogens is 1. The minimum atomic E-state index is -0.205. The first kappa shape index (κ1) is 14.9. The standard InChI is InChI=1S/C18H16N6O/c19-13-7-4-8-14(9-13)20-11-15-10-16(25)24-18(21-15)22-17(23-24)12-5-2-1-3-6-12/h1-10,20H,11,19H2,(H,21,22,23). The van der Waals surface area contributed by atoms with Gasteiger partial charge in [-0.25, -0.2) is 4.98 Å². The van der Waals surface area contributed by atoms with E-state index >= 15 is 0 Å². The molecule has 0 aliphatic rings. The van der Waals surface area contributed by atoms with E-state index < -0.39 is 0 Å². The zero-order chi connectivity index (χ0) is 17.2. The van der Waals surface area contributed by atoms with Crippen LogP contribution >= 0.6 is 0 Å². The second-order valence-corrected chi connectivity index (χ2v) is 5.64. The molecule has 0 amide bonds. The van der Waals surface area contributed by atoms with E-state index in [1.54, 1.807) is 0 Å². The quantitative estimate of drug-likeness (QED) is 0.498. The molecule has 4 N–H and O–H groups in total. The number of aromatic amines is 1. The fourth-order valence-electron chi connectivity index (χ4n) is 2.58. The number of nitrogens with one attached hydrogen (secondary N) is 2. The maximum atomic E-state index is 12.3. The third kappa shape index (κ3) is 3.07. The van der Waals surface area contributed by atoms with Crippen molar-refractivity contribution in [1.29, 1.82) is 0 Å². The Labute approximate surface area is 143 Å². The van der Waals surface area contributed by atoms with Gasteiger partial charge in [0, 0.05) is 23.0 Å². The highest BCUT2D eigenvalue weighted by molar-refractivity contribution is 5.57. The van der Waals surface area contributed by atoms with Gasteiger partial charge in [-0.1, -0.05) is 36.4 Å². The van der Waals surface area contributed by atoms with Crippen LogP contribution in [0.1, 0.15) is 5.69 Å². The average molecular weight is 332 g/mol. The number of nitrogens with two attached hydrogens (primary N) is 1. The number of rotatable bonds is 4. The Morgan fingerprint density at radius 1 is 1.04 bits per heavy atom. The van der Waals surface area contributed by atoms with Gasteiger partial charge in [0.1, 0.15) is 0 Å². The molecule has 0 aliphatic heterocycles. The van der Waals surface area contributed by atoms with Gasteiger partial charge in [0.05, 0.1) is 12.2 Å². The minimum absolute atomic E-state index is 0.205. The zero-order valence-electron chi connectivity index (χ0n) is 13.3. The van der Waals surface area contributed by atoms with Crippen molar-refractivity contribution in [2.75, 3.05) is 11.1 Å². The van der Waals surface area contributed by atoms with Crippen LogP contribution in [0, 0.1) is 0 Å². The van der Waals surface area contributed by atoms with E-state index in [0.29, 0.717) is 29.5 Å². The number of aromatic nitrogens is 4. The molecular formula is C18H16N6O. The normalized spacial score (nSPS) is 10.9. The van der Waals surface area contributed by atoms with Crippen molar-refractivity contribution in [3.8, 4) is 11.4 Å². The van der Waals surface area contributed by atoms with E-state index in [2.05, 4.69) is 20.4 Å². The van der Waals surface area contributed by atoms with Crippen molar-refractivity contribution in [3.63, 3.8) is 0 Å². The van der Waals surface area contributed by atoms with Gasteiger partial charge in [-0.15, -0.1) is 0 Å². The van der Waals surface area contributed by atoms with Crippen LogP contribution in [-0.4, -0.2) is 19.6 Å². The Kier molecular flexibility index (Phi) is 3.66.